The summed E-state index contributed by atoms with van der Waals surface area (Å²) >= 11 is 0. The summed E-state index contributed by atoms with van der Waals surface area (Å²) in [6, 6.07) is 13.2. The molecule has 0 bridgehead atoms. The van der Waals surface area contributed by atoms with Crippen molar-refractivity contribution in [3.8, 4) is 6.07 Å². The van der Waals surface area contributed by atoms with Gasteiger partial charge in [-0.15, -0.1) is 0 Å². The maximum absolute atomic E-state index is 12.5. The number of benzene rings is 2. The van der Waals surface area contributed by atoms with Crippen LogP contribution in [0.3, 0.4) is 0 Å². The number of nitrogens with zero attached hydrogens (tertiary/aromatic N) is 1. The molecule has 0 unspecified atom stereocenters. The van der Waals surface area contributed by atoms with Gasteiger partial charge in [-0.1, -0.05) is 24.3 Å². The summed E-state index contributed by atoms with van der Waals surface area (Å²) < 4.78 is 27.3. The summed E-state index contributed by atoms with van der Waals surface area (Å²) in [7, 11) is -4.03. The highest BCUT2D eigenvalue weighted by molar-refractivity contribution is 7.92. The fourth-order valence-corrected chi connectivity index (χ4v) is 3.26. The van der Waals surface area contributed by atoms with Crippen LogP contribution in [0.1, 0.15) is 18.1 Å². The number of nitrogens with one attached hydrogen (secondary N) is 1. The lowest BCUT2D eigenvalue weighted by molar-refractivity contribution is -0.132. The molecule has 0 saturated carbocycles. The van der Waals surface area contributed by atoms with E-state index in [4.69, 9.17) is 5.26 Å². The third-order valence-electron chi connectivity index (χ3n) is 3.32. The van der Waals surface area contributed by atoms with Crippen molar-refractivity contribution in [2.24, 2.45) is 0 Å². The number of aliphatic hydroxyl groups is 1. The van der Waals surface area contributed by atoms with Gasteiger partial charge < -0.3 is 5.11 Å². The van der Waals surface area contributed by atoms with Gasteiger partial charge in [-0.25, -0.2) is 8.42 Å². The molecular formula is C18H14N2O5S. The van der Waals surface area contributed by atoms with Crippen LogP contribution < -0.4 is 4.72 Å². The van der Waals surface area contributed by atoms with Gasteiger partial charge in [0.05, 0.1) is 5.56 Å². The van der Waals surface area contributed by atoms with Crippen molar-refractivity contribution < 1.29 is 23.1 Å². The summed E-state index contributed by atoms with van der Waals surface area (Å²) in [6.07, 6.45) is 0.765. The zero-order chi connectivity index (χ0) is 19.3. The fraction of sp³-hybridized carbons (Fsp3) is 0.0556. The number of Topliss-reactive ketones (excluding diaryl/α,β-unsaturated/α-hetero) is 1. The number of ketones is 2. The Morgan fingerprint density at radius 3 is 2.50 bits per heavy atom. The first-order chi connectivity index (χ1) is 12.2. The number of anilines is 1. The number of carbonyl (C=O) groups excluding carboxylic acids is 2. The van der Waals surface area contributed by atoms with Gasteiger partial charge in [0, 0.05) is 24.3 Å². The summed E-state index contributed by atoms with van der Waals surface area (Å²) in [5.74, 6) is -2.08. The second-order valence-corrected chi connectivity index (χ2v) is 6.90. The minimum atomic E-state index is -4.03. The third kappa shape index (κ3) is 4.34. The van der Waals surface area contributed by atoms with Gasteiger partial charge in [0.1, 0.15) is 16.7 Å². The molecule has 0 aliphatic rings. The van der Waals surface area contributed by atoms with Crippen molar-refractivity contribution in [1.82, 2.24) is 0 Å². The molecule has 0 aromatic heterocycles. The minimum Gasteiger partial charge on any atom is -0.507 e. The molecule has 26 heavy (non-hydrogen) atoms. The molecule has 8 heteroatoms. The van der Waals surface area contributed by atoms with E-state index in [0.29, 0.717) is 0 Å². The van der Waals surface area contributed by atoms with Crippen molar-refractivity contribution in [1.29, 1.82) is 5.26 Å². The average Bonchev–Trinajstić information content (AvgIpc) is 2.61. The standard InChI is InChI=1S/C18H14N2O5S/c1-12(21)16(22)10-17(23)13-6-4-7-15(9-13)20-26(24,25)18-8-3-2-5-14(18)11-19/h2-10,20,23H,1H3. The number of aliphatic hydroxyl groups excluding tert-OH is 1. The summed E-state index contributed by atoms with van der Waals surface area (Å²) in [5.41, 5.74) is 0.254. The van der Waals surface area contributed by atoms with E-state index in [0.717, 1.165) is 13.0 Å². The van der Waals surface area contributed by atoms with Gasteiger partial charge in [0.25, 0.3) is 10.0 Å². The first kappa shape index (κ1) is 18.9. The molecule has 2 aromatic carbocycles. The van der Waals surface area contributed by atoms with Crippen LogP contribution in [0.5, 0.6) is 0 Å². The highest BCUT2D eigenvalue weighted by Gasteiger charge is 2.18. The van der Waals surface area contributed by atoms with Crippen molar-refractivity contribution in [2.45, 2.75) is 11.8 Å². The number of hydrogen-bond donors (Lipinski definition) is 2. The van der Waals surface area contributed by atoms with E-state index < -0.39 is 27.3 Å². The Hall–Kier alpha value is -3.44. The molecule has 0 radical (unpaired) electrons. The highest BCUT2D eigenvalue weighted by Crippen LogP contribution is 2.22. The Balaban J connectivity index is 2.36. The zero-order valence-electron chi connectivity index (χ0n) is 13.6. The van der Waals surface area contributed by atoms with Crippen molar-refractivity contribution in [2.75, 3.05) is 4.72 Å². The third-order valence-corrected chi connectivity index (χ3v) is 4.76. The smallest absolute Gasteiger partial charge is 0.263 e. The van der Waals surface area contributed by atoms with Gasteiger partial charge in [-0.3, -0.25) is 14.3 Å². The van der Waals surface area contributed by atoms with Gasteiger partial charge in [0.2, 0.25) is 5.78 Å². The number of hydrogen-bond acceptors (Lipinski definition) is 6. The van der Waals surface area contributed by atoms with Crippen LogP contribution in [0.2, 0.25) is 0 Å². The van der Waals surface area contributed by atoms with Gasteiger partial charge in [0.15, 0.2) is 5.78 Å². The van der Waals surface area contributed by atoms with E-state index in [-0.39, 0.29) is 21.7 Å². The van der Waals surface area contributed by atoms with Crippen LogP contribution in [-0.2, 0) is 19.6 Å². The van der Waals surface area contributed by atoms with E-state index in [1.807, 2.05) is 6.07 Å². The summed E-state index contributed by atoms with van der Waals surface area (Å²) in [6.45, 7) is 1.07. The Bertz CT molecular complexity index is 1050. The van der Waals surface area contributed by atoms with E-state index >= 15 is 0 Å². The molecular weight excluding hydrogens is 356 g/mol. The highest BCUT2D eigenvalue weighted by atomic mass is 32.2. The molecule has 0 fully saturated rings. The quantitative estimate of drug-likeness (QED) is 0.457. The molecule has 0 saturated heterocycles. The predicted octanol–water partition coefficient (Wildman–Crippen LogP) is 2.42. The van der Waals surface area contributed by atoms with E-state index in [1.54, 1.807) is 6.07 Å². The Morgan fingerprint density at radius 2 is 1.85 bits per heavy atom. The van der Waals surface area contributed by atoms with Gasteiger partial charge in [-0.2, -0.15) is 5.26 Å². The lowest BCUT2D eigenvalue weighted by Crippen LogP contribution is -2.14. The van der Waals surface area contributed by atoms with Crippen LogP contribution in [-0.4, -0.2) is 25.1 Å². The van der Waals surface area contributed by atoms with Crippen LogP contribution in [0.25, 0.3) is 5.76 Å². The van der Waals surface area contributed by atoms with E-state index in [1.165, 1.54) is 42.5 Å². The lowest BCUT2D eigenvalue weighted by atomic mass is 10.1. The maximum Gasteiger partial charge on any atom is 0.263 e. The summed E-state index contributed by atoms with van der Waals surface area (Å²) in [4.78, 5) is 22.1. The molecule has 0 amide bonds. The number of allylic oxidation sites excluding steroid dienone is 1. The monoisotopic (exact) mass is 370 g/mol. The molecule has 0 aliphatic heterocycles. The van der Waals surface area contributed by atoms with E-state index in [2.05, 4.69) is 4.72 Å². The van der Waals surface area contributed by atoms with Crippen LogP contribution in [0, 0.1) is 11.3 Å². The summed E-state index contributed by atoms with van der Waals surface area (Å²) in [5, 5.41) is 19.0. The first-order valence-corrected chi connectivity index (χ1v) is 8.81. The molecule has 0 spiro atoms. The predicted molar refractivity (Wildman–Crippen MR) is 94.7 cm³/mol. The molecule has 7 nitrogen and oxygen atoms in total. The number of rotatable bonds is 6. The Morgan fingerprint density at radius 1 is 1.15 bits per heavy atom. The van der Waals surface area contributed by atoms with Gasteiger partial charge >= 0.3 is 0 Å². The molecule has 2 aromatic rings. The molecule has 2 rings (SSSR count). The van der Waals surface area contributed by atoms with Crippen molar-refractivity contribution >= 4 is 33.0 Å². The van der Waals surface area contributed by atoms with Crippen LogP contribution in [0.4, 0.5) is 5.69 Å². The largest absolute Gasteiger partial charge is 0.507 e. The molecule has 0 atom stereocenters. The minimum absolute atomic E-state index is 0.00838. The Kier molecular flexibility index (Phi) is 5.54. The molecule has 2 N–H and O–H groups in total. The topological polar surface area (TPSA) is 124 Å². The first-order valence-electron chi connectivity index (χ1n) is 7.32. The Labute approximate surface area is 150 Å². The second-order valence-electron chi connectivity index (χ2n) is 5.24. The number of carbonyl (C=O) groups is 2. The van der Waals surface area contributed by atoms with Gasteiger partial charge in [-0.05, 0) is 24.3 Å². The normalized spacial score (nSPS) is 11.5. The number of nitriles is 1. The van der Waals surface area contributed by atoms with Crippen molar-refractivity contribution in [3.63, 3.8) is 0 Å². The molecule has 0 aliphatic carbocycles. The zero-order valence-corrected chi connectivity index (χ0v) is 14.4. The second kappa shape index (κ2) is 7.63. The van der Waals surface area contributed by atoms with Crippen LogP contribution >= 0.6 is 0 Å². The van der Waals surface area contributed by atoms with Crippen molar-refractivity contribution in [3.05, 3.63) is 65.7 Å². The molecule has 0 heterocycles. The van der Waals surface area contributed by atoms with Crippen LogP contribution in [0.15, 0.2) is 59.5 Å². The molecule has 132 valence electrons. The number of sulfonamides is 1. The SMILES string of the molecule is CC(=O)C(=O)C=C(O)c1cccc(NS(=O)(=O)c2ccccc2C#N)c1. The average molecular weight is 370 g/mol. The lowest BCUT2D eigenvalue weighted by Gasteiger charge is -2.10. The fourth-order valence-electron chi connectivity index (χ4n) is 2.05. The maximum atomic E-state index is 12.5. The van der Waals surface area contributed by atoms with E-state index in [9.17, 15) is 23.1 Å².